The SMILES string of the molecule is CCOC(=O)Nc1cn(CC(=O)n2cc(N)c3ccccc32)nn1. The molecule has 1 amide bonds. The molecule has 0 fully saturated rings. The predicted octanol–water partition coefficient (Wildman–Crippen LogP) is 1.72. The summed E-state index contributed by atoms with van der Waals surface area (Å²) in [5, 5.41) is 10.8. The number of benzene rings is 1. The van der Waals surface area contributed by atoms with Crippen LogP contribution in [0.1, 0.15) is 11.7 Å². The van der Waals surface area contributed by atoms with E-state index in [2.05, 4.69) is 15.6 Å². The van der Waals surface area contributed by atoms with Gasteiger partial charge in [0.15, 0.2) is 5.82 Å². The minimum absolute atomic E-state index is 0.0460. The Bertz CT molecular complexity index is 898. The van der Waals surface area contributed by atoms with E-state index in [4.69, 9.17) is 10.5 Å². The van der Waals surface area contributed by atoms with E-state index in [-0.39, 0.29) is 24.9 Å². The van der Waals surface area contributed by atoms with Crippen molar-refractivity contribution in [3.63, 3.8) is 0 Å². The van der Waals surface area contributed by atoms with Gasteiger partial charge in [0.25, 0.3) is 5.91 Å². The van der Waals surface area contributed by atoms with Crippen LogP contribution in [0.4, 0.5) is 16.3 Å². The molecule has 0 spiro atoms. The van der Waals surface area contributed by atoms with E-state index in [9.17, 15) is 9.59 Å². The van der Waals surface area contributed by atoms with Gasteiger partial charge in [-0.05, 0) is 13.0 Å². The summed E-state index contributed by atoms with van der Waals surface area (Å²) >= 11 is 0. The molecule has 0 aliphatic carbocycles. The van der Waals surface area contributed by atoms with Gasteiger partial charge in [-0.3, -0.25) is 14.7 Å². The lowest BCUT2D eigenvalue weighted by molar-refractivity contribution is 0.0891. The number of nitrogens with zero attached hydrogens (tertiary/aromatic N) is 4. The number of rotatable bonds is 4. The number of nitrogen functional groups attached to an aromatic ring is 1. The number of carbonyl (C=O) groups is 2. The summed E-state index contributed by atoms with van der Waals surface area (Å²) in [5.41, 5.74) is 7.18. The molecular weight excluding hydrogens is 312 g/mol. The second kappa shape index (κ2) is 6.41. The van der Waals surface area contributed by atoms with Crippen molar-refractivity contribution in [3.05, 3.63) is 36.7 Å². The number of nitrogens with one attached hydrogen (secondary N) is 1. The van der Waals surface area contributed by atoms with Crippen molar-refractivity contribution < 1.29 is 14.3 Å². The molecule has 1 aromatic carbocycles. The molecule has 3 rings (SSSR count). The van der Waals surface area contributed by atoms with Crippen molar-refractivity contribution in [2.24, 2.45) is 0 Å². The van der Waals surface area contributed by atoms with Crippen LogP contribution >= 0.6 is 0 Å². The van der Waals surface area contributed by atoms with E-state index < -0.39 is 6.09 Å². The Morgan fingerprint density at radius 2 is 2.08 bits per heavy atom. The Morgan fingerprint density at radius 1 is 1.29 bits per heavy atom. The third kappa shape index (κ3) is 3.05. The van der Waals surface area contributed by atoms with Crippen LogP contribution < -0.4 is 11.1 Å². The normalized spacial score (nSPS) is 10.7. The lowest BCUT2D eigenvalue weighted by Gasteiger charge is -2.03. The first kappa shape index (κ1) is 15.5. The maximum atomic E-state index is 12.5. The zero-order chi connectivity index (χ0) is 17.1. The largest absolute Gasteiger partial charge is 0.450 e. The second-order valence-electron chi connectivity index (χ2n) is 5.01. The average molecular weight is 328 g/mol. The molecule has 0 aliphatic rings. The van der Waals surface area contributed by atoms with Crippen LogP contribution in [0, 0.1) is 0 Å². The van der Waals surface area contributed by atoms with Crippen molar-refractivity contribution in [2.75, 3.05) is 17.7 Å². The van der Waals surface area contributed by atoms with Crippen molar-refractivity contribution in [1.82, 2.24) is 19.6 Å². The van der Waals surface area contributed by atoms with Gasteiger partial charge in [-0.25, -0.2) is 9.48 Å². The van der Waals surface area contributed by atoms with E-state index in [1.165, 1.54) is 15.4 Å². The summed E-state index contributed by atoms with van der Waals surface area (Å²) in [5.74, 6) is -0.0198. The van der Waals surface area contributed by atoms with E-state index in [1.807, 2.05) is 24.3 Å². The molecule has 2 heterocycles. The minimum Gasteiger partial charge on any atom is -0.450 e. The third-order valence-electron chi connectivity index (χ3n) is 3.35. The molecule has 0 aliphatic heterocycles. The van der Waals surface area contributed by atoms with Gasteiger partial charge in [0.1, 0.15) is 6.54 Å². The van der Waals surface area contributed by atoms with Crippen molar-refractivity contribution in [1.29, 1.82) is 0 Å². The molecule has 3 N–H and O–H groups in total. The van der Waals surface area contributed by atoms with Crippen LogP contribution in [0.25, 0.3) is 10.9 Å². The van der Waals surface area contributed by atoms with Gasteiger partial charge in [-0.15, -0.1) is 5.10 Å². The fourth-order valence-corrected chi connectivity index (χ4v) is 2.33. The van der Waals surface area contributed by atoms with Crippen molar-refractivity contribution in [2.45, 2.75) is 13.5 Å². The fourth-order valence-electron chi connectivity index (χ4n) is 2.33. The Labute approximate surface area is 137 Å². The number of hydrogen-bond acceptors (Lipinski definition) is 6. The molecule has 0 saturated carbocycles. The van der Waals surface area contributed by atoms with Gasteiger partial charge >= 0.3 is 6.09 Å². The van der Waals surface area contributed by atoms with Crippen LogP contribution in [-0.4, -0.2) is 38.2 Å². The van der Waals surface area contributed by atoms with Gasteiger partial charge in [-0.2, -0.15) is 0 Å². The highest BCUT2D eigenvalue weighted by Crippen LogP contribution is 2.23. The Balaban J connectivity index is 1.75. The number of aromatic nitrogens is 4. The summed E-state index contributed by atoms with van der Waals surface area (Å²) in [7, 11) is 0. The molecule has 0 atom stereocenters. The monoisotopic (exact) mass is 328 g/mol. The molecule has 0 saturated heterocycles. The molecule has 24 heavy (non-hydrogen) atoms. The zero-order valence-corrected chi connectivity index (χ0v) is 13.0. The highest BCUT2D eigenvalue weighted by Gasteiger charge is 2.14. The van der Waals surface area contributed by atoms with Crippen LogP contribution in [0.5, 0.6) is 0 Å². The fraction of sp³-hybridized carbons (Fsp3) is 0.200. The van der Waals surface area contributed by atoms with Crippen LogP contribution in [0.2, 0.25) is 0 Å². The lowest BCUT2D eigenvalue weighted by atomic mass is 10.2. The second-order valence-corrected chi connectivity index (χ2v) is 5.01. The third-order valence-corrected chi connectivity index (χ3v) is 3.35. The van der Waals surface area contributed by atoms with Gasteiger partial charge in [0.2, 0.25) is 0 Å². The van der Waals surface area contributed by atoms with E-state index in [0.717, 1.165) is 10.9 Å². The first-order valence-electron chi connectivity index (χ1n) is 7.31. The molecule has 124 valence electrons. The molecular formula is C15H16N6O3. The van der Waals surface area contributed by atoms with Crippen molar-refractivity contribution >= 4 is 34.4 Å². The first-order valence-corrected chi connectivity index (χ1v) is 7.31. The smallest absolute Gasteiger partial charge is 0.412 e. The maximum Gasteiger partial charge on any atom is 0.412 e. The number of hydrogen-bond donors (Lipinski definition) is 2. The average Bonchev–Trinajstić information content (AvgIpc) is 3.13. The topological polar surface area (TPSA) is 117 Å². The van der Waals surface area contributed by atoms with Crippen LogP contribution in [-0.2, 0) is 11.3 Å². The van der Waals surface area contributed by atoms with E-state index in [0.29, 0.717) is 5.69 Å². The first-order chi connectivity index (χ1) is 11.6. The Kier molecular flexibility index (Phi) is 4.15. The summed E-state index contributed by atoms with van der Waals surface area (Å²) in [4.78, 5) is 23.8. The minimum atomic E-state index is -0.625. The van der Waals surface area contributed by atoms with E-state index >= 15 is 0 Å². The highest BCUT2D eigenvalue weighted by atomic mass is 16.5. The van der Waals surface area contributed by atoms with Gasteiger partial charge in [0, 0.05) is 11.6 Å². The molecule has 9 nitrogen and oxygen atoms in total. The molecule has 9 heteroatoms. The van der Waals surface area contributed by atoms with Gasteiger partial charge in [0.05, 0.1) is 24.0 Å². The number of carbonyl (C=O) groups excluding carboxylic acids is 2. The van der Waals surface area contributed by atoms with Gasteiger partial charge in [-0.1, -0.05) is 23.4 Å². The number of para-hydroxylation sites is 1. The van der Waals surface area contributed by atoms with Gasteiger partial charge < -0.3 is 10.5 Å². The number of anilines is 2. The Hall–Kier alpha value is -3.36. The lowest BCUT2D eigenvalue weighted by Crippen LogP contribution is -2.17. The van der Waals surface area contributed by atoms with Crippen LogP contribution in [0.15, 0.2) is 36.7 Å². The number of nitrogens with two attached hydrogens (primary N) is 1. The number of amides is 1. The number of fused-ring (bicyclic) bond motifs is 1. The van der Waals surface area contributed by atoms with Crippen molar-refractivity contribution in [3.8, 4) is 0 Å². The summed E-state index contributed by atoms with van der Waals surface area (Å²) in [6.45, 7) is 1.90. The maximum absolute atomic E-state index is 12.5. The quantitative estimate of drug-likeness (QED) is 0.753. The summed E-state index contributed by atoms with van der Waals surface area (Å²) < 4.78 is 7.55. The predicted molar refractivity (Wildman–Crippen MR) is 87.6 cm³/mol. The highest BCUT2D eigenvalue weighted by molar-refractivity contribution is 5.99. The molecule has 3 aromatic rings. The Morgan fingerprint density at radius 3 is 2.88 bits per heavy atom. The molecule has 2 aromatic heterocycles. The summed E-state index contributed by atoms with van der Waals surface area (Å²) in [6, 6.07) is 7.37. The van der Waals surface area contributed by atoms with E-state index in [1.54, 1.807) is 13.1 Å². The zero-order valence-electron chi connectivity index (χ0n) is 13.0. The standard InChI is InChI=1S/C15H16N6O3/c1-2-24-15(23)17-13-8-20(19-18-13)9-14(22)21-7-11(16)10-5-3-4-6-12(10)21/h3-8H,2,9,16H2,1H3,(H,17,23). The summed E-state index contributed by atoms with van der Waals surface area (Å²) in [6.07, 6.45) is 2.41. The molecule has 0 radical (unpaired) electrons. The molecule has 0 bridgehead atoms. The number of ether oxygens (including phenoxy) is 1. The molecule has 0 unspecified atom stereocenters. The van der Waals surface area contributed by atoms with Crippen LogP contribution in [0.3, 0.4) is 0 Å².